The Labute approximate surface area is 166 Å². The molecule has 0 spiro atoms. The molecule has 2 aliphatic rings. The molecule has 4 rings (SSSR count). The summed E-state index contributed by atoms with van der Waals surface area (Å²) in [5, 5.41) is 1.23. The summed E-state index contributed by atoms with van der Waals surface area (Å²) in [6.07, 6.45) is 8.59. The molecule has 2 saturated heterocycles. The van der Waals surface area contributed by atoms with Crippen molar-refractivity contribution in [1.29, 1.82) is 0 Å². The lowest BCUT2D eigenvalue weighted by atomic mass is 10.1. The maximum Gasteiger partial charge on any atom is 0.133 e. The first kappa shape index (κ1) is 19.6. The van der Waals surface area contributed by atoms with E-state index in [4.69, 9.17) is 23.2 Å². The molecule has 2 aromatic heterocycles. The summed E-state index contributed by atoms with van der Waals surface area (Å²) in [5.41, 5.74) is 2.45. The molecule has 0 N–H and O–H groups in total. The Bertz CT molecular complexity index is 707. The third kappa shape index (κ3) is 4.74. The number of hydrogen-bond acceptors (Lipinski definition) is 4. The van der Waals surface area contributed by atoms with Crippen LogP contribution in [0.2, 0.25) is 10.3 Å². The van der Waals surface area contributed by atoms with E-state index in [0.717, 1.165) is 6.54 Å². The number of aromatic nitrogens is 2. The van der Waals surface area contributed by atoms with E-state index >= 15 is 0 Å². The lowest BCUT2D eigenvalue weighted by Gasteiger charge is -2.19. The second kappa shape index (κ2) is 9.14. The monoisotopic (exact) mass is 392 g/mol. The van der Waals surface area contributed by atoms with Gasteiger partial charge in [-0.05, 0) is 70.6 Å². The Morgan fingerprint density at radius 2 is 1.62 bits per heavy atom. The Balaban J connectivity index is 0.000000151. The van der Waals surface area contributed by atoms with Gasteiger partial charge >= 0.3 is 0 Å². The van der Waals surface area contributed by atoms with Gasteiger partial charge in [-0.2, -0.15) is 0 Å². The van der Waals surface area contributed by atoms with Crippen LogP contribution in [0.1, 0.15) is 48.9 Å². The predicted molar refractivity (Wildman–Crippen MR) is 108 cm³/mol. The van der Waals surface area contributed by atoms with Crippen molar-refractivity contribution in [3.05, 3.63) is 58.1 Å². The van der Waals surface area contributed by atoms with E-state index < -0.39 is 0 Å². The van der Waals surface area contributed by atoms with E-state index in [1.165, 1.54) is 43.4 Å². The van der Waals surface area contributed by atoms with E-state index in [-0.39, 0.29) is 0 Å². The molecule has 0 unspecified atom stereocenters. The molecule has 2 fully saturated rings. The quantitative estimate of drug-likeness (QED) is 0.672. The number of halogens is 2. The van der Waals surface area contributed by atoms with Crippen LogP contribution in [0.4, 0.5) is 0 Å². The number of hydrogen-bond donors (Lipinski definition) is 0. The predicted octanol–water partition coefficient (Wildman–Crippen LogP) is 5.00. The Morgan fingerprint density at radius 3 is 2.15 bits per heavy atom. The summed E-state index contributed by atoms with van der Waals surface area (Å²) in [7, 11) is 4.30. The Morgan fingerprint density at radius 1 is 0.923 bits per heavy atom. The lowest BCUT2D eigenvalue weighted by Crippen LogP contribution is -2.17. The smallest absolute Gasteiger partial charge is 0.133 e. The van der Waals surface area contributed by atoms with Crippen molar-refractivity contribution in [1.82, 2.24) is 19.8 Å². The summed E-state index contributed by atoms with van der Waals surface area (Å²) >= 11 is 11.8. The van der Waals surface area contributed by atoms with Gasteiger partial charge in [-0.1, -0.05) is 35.3 Å². The average molecular weight is 393 g/mol. The van der Waals surface area contributed by atoms with Gasteiger partial charge in [-0.15, -0.1) is 0 Å². The van der Waals surface area contributed by atoms with Crippen LogP contribution >= 0.6 is 23.2 Å². The molecule has 0 saturated carbocycles. The zero-order valence-corrected chi connectivity index (χ0v) is 16.9. The second-order valence-electron chi connectivity index (χ2n) is 7.07. The molecular weight excluding hydrogens is 367 g/mol. The van der Waals surface area contributed by atoms with Gasteiger partial charge in [0.2, 0.25) is 0 Å². The topological polar surface area (TPSA) is 32.3 Å². The highest BCUT2D eigenvalue weighted by molar-refractivity contribution is 6.30. The van der Waals surface area contributed by atoms with Gasteiger partial charge < -0.3 is 0 Å². The van der Waals surface area contributed by atoms with Crippen LogP contribution in [-0.2, 0) is 0 Å². The fourth-order valence-corrected chi connectivity index (χ4v) is 4.22. The Kier molecular flexibility index (Phi) is 6.87. The van der Waals surface area contributed by atoms with Gasteiger partial charge in [0, 0.05) is 30.0 Å². The fourth-order valence-electron chi connectivity index (χ4n) is 3.87. The third-order valence-electron chi connectivity index (χ3n) is 5.32. The number of rotatable bonds is 2. The summed E-state index contributed by atoms with van der Waals surface area (Å²) in [5.74, 6) is 0. The van der Waals surface area contributed by atoms with Crippen LogP contribution in [0.3, 0.4) is 0 Å². The van der Waals surface area contributed by atoms with Crippen molar-refractivity contribution in [2.24, 2.45) is 0 Å². The minimum Gasteiger partial charge on any atom is -0.299 e. The number of pyridine rings is 2. The molecule has 2 aliphatic heterocycles. The lowest BCUT2D eigenvalue weighted by molar-refractivity contribution is 0.317. The highest BCUT2D eigenvalue weighted by atomic mass is 35.5. The fraction of sp³-hybridized carbons (Fsp3) is 0.500. The summed E-state index contributed by atoms with van der Waals surface area (Å²) in [4.78, 5) is 12.9. The molecule has 4 nitrogen and oxygen atoms in total. The third-order valence-corrected chi connectivity index (χ3v) is 5.86. The average Bonchev–Trinajstić information content (AvgIpc) is 3.25. The van der Waals surface area contributed by atoms with Crippen molar-refractivity contribution in [3.8, 4) is 0 Å². The van der Waals surface area contributed by atoms with Crippen LogP contribution < -0.4 is 0 Å². The van der Waals surface area contributed by atoms with Gasteiger partial charge in [0.15, 0.2) is 0 Å². The zero-order chi connectivity index (χ0) is 18.5. The number of nitrogens with zero attached hydrogens (tertiary/aromatic N) is 4. The van der Waals surface area contributed by atoms with E-state index in [1.807, 2.05) is 18.3 Å². The van der Waals surface area contributed by atoms with Crippen LogP contribution in [0.15, 0.2) is 36.7 Å². The first-order valence-corrected chi connectivity index (χ1v) is 9.94. The second-order valence-corrected chi connectivity index (χ2v) is 7.82. The molecule has 6 heteroatoms. The largest absolute Gasteiger partial charge is 0.299 e. The van der Waals surface area contributed by atoms with Crippen LogP contribution in [0.5, 0.6) is 0 Å². The molecule has 2 atom stereocenters. The molecule has 0 aromatic carbocycles. The standard InChI is InChI=1S/2C10H13ClN2/c1-13-7-3-5-9(13)8-4-2-6-12-10(8)11;1-13-6-2-3-9(13)8-4-5-10(11)12-7-8/h2,4,6,9H,3,5,7H2,1H3;4-5,7,9H,2-3,6H2,1H3/t2*9-/m00/s1. The zero-order valence-electron chi connectivity index (χ0n) is 15.4. The summed E-state index contributed by atoms with van der Waals surface area (Å²) < 4.78 is 0. The van der Waals surface area contributed by atoms with Crippen molar-refractivity contribution >= 4 is 23.2 Å². The van der Waals surface area contributed by atoms with Gasteiger partial charge in [0.05, 0.1) is 0 Å². The van der Waals surface area contributed by atoms with E-state index in [2.05, 4.69) is 46.0 Å². The molecular formula is C20H26Cl2N4. The minimum atomic E-state index is 0.473. The van der Waals surface area contributed by atoms with E-state index in [9.17, 15) is 0 Å². The van der Waals surface area contributed by atoms with Crippen LogP contribution in [0, 0.1) is 0 Å². The molecule has 140 valence electrons. The maximum atomic E-state index is 6.03. The van der Waals surface area contributed by atoms with Crippen molar-refractivity contribution in [3.63, 3.8) is 0 Å². The molecule has 0 amide bonds. The highest BCUT2D eigenvalue weighted by Crippen LogP contribution is 2.33. The van der Waals surface area contributed by atoms with Crippen molar-refractivity contribution in [2.75, 3.05) is 27.2 Å². The first-order valence-electron chi connectivity index (χ1n) is 9.18. The maximum absolute atomic E-state index is 6.03. The van der Waals surface area contributed by atoms with Crippen LogP contribution in [0.25, 0.3) is 0 Å². The summed E-state index contributed by atoms with van der Waals surface area (Å²) in [6, 6.07) is 8.98. The van der Waals surface area contributed by atoms with E-state index in [0.29, 0.717) is 22.4 Å². The normalized spacial score (nSPS) is 23.7. The molecule has 0 aliphatic carbocycles. The van der Waals surface area contributed by atoms with E-state index in [1.54, 1.807) is 6.20 Å². The molecule has 0 radical (unpaired) electrons. The SMILES string of the molecule is CN1CCC[C@H]1c1ccc(Cl)nc1.CN1CCC[C@H]1c1cccnc1Cl. The molecule has 0 bridgehead atoms. The highest BCUT2D eigenvalue weighted by Gasteiger charge is 2.24. The molecule has 2 aromatic rings. The molecule has 26 heavy (non-hydrogen) atoms. The van der Waals surface area contributed by atoms with Gasteiger partial charge in [0.1, 0.15) is 10.3 Å². The van der Waals surface area contributed by atoms with Crippen molar-refractivity contribution in [2.45, 2.75) is 37.8 Å². The van der Waals surface area contributed by atoms with Gasteiger partial charge in [0.25, 0.3) is 0 Å². The molecule has 4 heterocycles. The summed E-state index contributed by atoms with van der Waals surface area (Å²) in [6.45, 7) is 2.35. The Hall–Kier alpha value is -1.20. The first-order chi connectivity index (χ1) is 12.6. The minimum absolute atomic E-state index is 0.473. The van der Waals surface area contributed by atoms with Gasteiger partial charge in [-0.3, -0.25) is 9.80 Å². The van der Waals surface area contributed by atoms with Crippen molar-refractivity contribution < 1.29 is 0 Å². The van der Waals surface area contributed by atoms with Gasteiger partial charge in [-0.25, -0.2) is 9.97 Å². The number of likely N-dealkylation sites (tertiary alicyclic amines) is 2. The van der Waals surface area contributed by atoms with Crippen LogP contribution in [-0.4, -0.2) is 47.0 Å².